The minimum atomic E-state index is 0.427. The van der Waals surface area contributed by atoms with Gasteiger partial charge in [0.2, 0.25) is 0 Å². The molecule has 2 heterocycles. The number of rotatable bonds is 4. The third-order valence-corrected chi connectivity index (χ3v) is 4.51. The highest BCUT2D eigenvalue weighted by Gasteiger charge is 2.07. The molecule has 1 N–H and O–H groups in total. The first-order valence-corrected chi connectivity index (χ1v) is 7.70. The zero-order valence-corrected chi connectivity index (χ0v) is 12.8. The van der Waals surface area contributed by atoms with Crippen LogP contribution < -0.4 is 5.32 Å². The van der Waals surface area contributed by atoms with E-state index in [0.717, 1.165) is 33.9 Å². The first-order valence-electron chi connectivity index (χ1n) is 6.13. The maximum Gasteiger partial charge on any atom is 0.159 e. The molecule has 0 radical (unpaired) electrons. The number of nitrogens with one attached hydrogen (secondary N) is 1. The Hall–Kier alpha value is -1.36. The van der Waals surface area contributed by atoms with Crippen molar-refractivity contribution >= 4 is 51.1 Å². The molecule has 0 amide bonds. The predicted octanol–water partition coefficient (Wildman–Crippen LogP) is 4.65. The van der Waals surface area contributed by atoms with E-state index in [9.17, 15) is 0 Å². The molecule has 0 aliphatic carbocycles. The fraction of sp³-hybridized carbons (Fsp3) is 0.143. The van der Waals surface area contributed by atoms with E-state index in [-0.39, 0.29) is 0 Å². The largest absolute Gasteiger partial charge is 0.368 e. The number of benzene rings is 1. The molecule has 102 valence electrons. The van der Waals surface area contributed by atoms with Gasteiger partial charge in [0.15, 0.2) is 11.0 Å². The first kappa shape index (κ1) is 13.6. The Morgan fingerprint density at radius 2 is 1.80 bits per heavy atom. The van der Waals surface area contributed by atoms with E-state index >= 15 is 0 Å². The molecule has 0 saturated heterocycles. The zero-order valence-electron chi connectivity index (χ0n) is 10.4. The van der Waals surface area contributed by atoms with E-state index in [2.05, 4.69) is 15.5 Å². The van der Waals surface area contributed by atoms with E-state index in [4.69, 9.17) is 23.2 Å². The van der Waals surface area contributed by atoms with Crippen LogP contribution in [0.5, 0.6) is 0 Å². The molecule has 0 atom stereocenters. The fourth-order valence-electron chi connectivity index (χ4n) is 1.99. The van der Waals surface area contributed by atoms with Gasteiger partial charge < -0.3 is 5.32 Å². The van der Waals surface area contributed by atoms with Gasteiger partial charge in [0.1, 0.15) is 0 Å². The molecule has 3 rings (SSSR count). The van der Waals surface area contributed by atoms with Gasteiger partial charge in [-0.25, -0.2) is 0 Å². The van der Waals surface area contributed by atoms with Crippen molar-refractivity contribution in [2.75, 3.05) is 11.9 Å². The first-order chi connectivity index (χ1) is 9.74. The summed E-state index contributed by atoms with van der Waals surface area (Å²) < 4.78 is 0.816. The number of fused-ring (bicyclic) bond motifs is 1. The molecule has 0 fully saturated rings. The summed E-state index contributed by atoms with van der Waals surface area (Å²) in [5, 5.41) is 13.7. The van der Waals surface area contributed by atoms with Crippen LogP contribution in [0.4, 0.5) is 5.82 Å². The zero-order chi connectivity index (χ0) is 13.9. The van der Waals surface area contributed by atoms with E-state index in [1.165, 1.54) is 4.88 Å². The molecule has 0 aliphatic rings. The second kappa shape index (κ2) is 5.95. The molecule has 0 bridgehead atoms. The summed E-state index contributed by atoms with van der Waals surface area (Å²) in [4.78, 5) is 1.24. The summed E-state index contributed by atoms with van der Waals surface area (Å²) in [5.74, 6) is 0.757. The van der Waals surface area contributed by atoms with Crippen LogP contribution in [0.2, 0.25) is 9.49 Å². The fourth-order valence-corrected chi connectivity index (χ4v) is 3.28. The topological polar surface area (TPSA) is 37.8 Å². The molecule has 2 aromatic heterocycles. The number of thiophene rings is 1. The molecule has 0 spiro atoms. The van der Waals surface area contributed by atoms with Crippen molar-refractivity contribution in [2.45, 2.75) is 6.42 Å². The van der Waals surface area contributed by atoms with Crippen LogP contribution >= 0.6 is 34.5 Å². The SMILES string of the molecule is Clc1ccc(CCNc2nnc(Cl)c3ccccc23)s1. The van der Waals surface area contributed by atoms with Crippen LogP contribution in [0, 0.1) is 0 Å². The van der Waals surface area contributed by atoms with Gasteiger partial charge in [-0.1, -0.05) is 47.5 Å². The summed E-state index contributed by atoms with van der Waals surface area (Å²) in [5.41, 5.74) is 0. The third kappa shape index (κ3) is 2.87. The van der Waals surface area contributed by atoms with Crippen molar-refractivity contribution in [1.29, 1.82) is 0 Å². The van der Waals surface area contributed by atoms with Crippen molar-refractivity contribution in [2.24, 2.45) is 0 Å². The highest BCUT2D eigenvalue weighted by molar-refractivity contribution is 7.16. The molecular weight excluding hydrogens is 313 g/mol. The number of hydrogen-bond donors (Lipinski definition) is 1. The minimum Gasteiger partial charge on any atom is -0.368 e. The summed E-state index contributed by atoms with van der Waals surface area (Å²) in [6, 6.07) is 11.8. The summed E-state index contributed by atoms with van der Waals surface area (Å²) in [6.07, 6.45) is 0.899. The molecular formula is C14H11Cl2N3S. The van der Waals surface area contributed by atoms with Gasteiger partial charge in [-0.3, -0.25) is 0 Å². The summed E-state index contributed by atoms with van der Waals surface area (Å²) >= 11 is 13.6. The predicted molar refractivity (Wildman–Crippen MR) is 86.1 cm³/mol. The Kier molecular flexibility index (Phi) is 4.05. The highest BCUT2D eigenvalue weighted by Crippen LogP contribution is 2.26. The van der Waals surface area contributed by atoms with Gasteiger partial charge >= 0.3 is 0 Å². The number of anilines is 1. The van der Waals surface area contributed by atoms with Crippen molar-refractivity contribution in [1.82, 2.24) is 10.2 Å². The van der Waals surface area contributed by atoms with Gasteiger partial charge in [0.25, 0.3) is 0 Å². The van der Waals surface area contributed by atoms with Gasteiger partial charge in [-0.15, -0.1) is 21.5 Å². The second-order valence-electron chi connectivity index (χ2n) is 4.27. The number of halogens is 2. The number of hydrogen-bond acceptors (Lipinski definition) is 4. The molecule has 0 aliphatic heterocycles. The van der Waals surface area contributed by atoms with Crippen LogP contribution in [-0.2, 0) is 6.42 Å². The van der Waals surface area contributed by atoms with Crippen LogP contribution in [0.3, 0.4) is 0 Å². The highest BCUT2D eigenvalue weighted by atomic mass is 35.5. The Labute approximate surface area is 130 Å². The van der Waals surface area contributed by atoms with E-state index in [0.29, 0.717) is 5.15 Å². The quantitative estimate of drug-likeness (QED) is 0.759. The van der Waals surface area contributed by atoms with Crippen LogP contribution in [0.25, 0.3) is 10.8 Å². The average Bonchev–Trinajstić information content (AvgIpc) is 2.87. The van der Waals surface area contributed by atoms with Crippen molar-refractivity contribution in [3.8, 4) is 0 Å². The molecule has 3 nitrogen and oxygen atoms in total. The average molecular weight is 324 g/mol. The standard InChI is InChI=1S/C14H11Cl2N3S/c15-12-6-5-9(20-12)7-8-17-14-11-4-2-1-3-10(11)13(16)18-19-14/h1-6H,7-8H2,(H,17,19). The Bertz CT molecular complexity index is 742. The van der Waals surface area contributed by atoms with Gasteiger partial charge in [-0.2, -0.15) is 0 Å². The Morgan fingerprint density at radius 3 is 2.55 bits per heavy atom. The van der Waals surface area contributed by atoms with Crippen LogP contribution in [0.15, 0.2) is 36.4 Å². The lowest BCUT2D eigenvalue weighted by Gasteiger charge is -2.08. The third-order valence-electron chi connectivity index (χ3n) is 2.93. The maximum atomic E-state index is 6.05. The second-order valence-corrected chi connectivity index (χ2v) is 6.43. The van der Waals surface area contributed by atoms with Crippen molar-refractivity contribution < 1.29 is 0 Å². The van der Waals surface area contributed by atoms with Crippen LogP contribution in [-0.4, -0.2) is 16.7 Å². The summed E-state index contributed by atoms with van der Waals surface area (Å²) in [6.45, 7) is 0.775. The smallest absolute Gasteiger partial charge is 0.159 e. The summed E-state index contributed by atoms with van der Waals surface area (Å²) in [7, 11) is 0. The van der Waals surface area contributed by atoms with E-state index in [1.807, 2.05) is 36.4 Å². The molecule has 3 aromatic rings. The number of aromatic nitrogens is 2. The van der Waals surface area contributed by atoms with Gasteiger partial charge in [-0.05, 0) is 18.6 Å². The van der Waals surface area contributed by atoms with Gasteiger partial charge in [0.05, 0.1) is 4.34 Å². The Morgan fingerprint density at radius 1 is 1.00 bits per heavy atom. The van der Waals surface area contributed by atoms with Crippen LogP contribution in [0.1, 0.15) is 4.88 Å². The minimum absolute atomic E-state index is 0.427. The van der Waals surface area contributed by atoms with Gasteiger partial charge in [0, 0.05) is 22.2 Å². The van der Waals surface area contributed by atoms with Crippen molar-refractivity contribution in [3.05, 3.63) is 50.8 Å². The molecule has 0 unspecified atom stereocenters. The molecule has 0 saturated carbocycles. The van der Waals surface area contributed by atoms with E-state index < -0.39 is 0 Å². The van der Waals surface area contributed by atoms with E-state index in [1.54, 1.807) is 11.3 Å². The lowest BCUT2D eigenvalue weighted by Crippen LogP contribution is -2.07. The normalized spacial score (nSPS) is 10.9. The Balaban J connectivity index is 1.76. The lowest BCUT2D eigenvalue weighted by atomic mass is 10.2. The molecule has 1 aromatic carbocycles. The molecule has 20 heavy (non-hydrogen) atoms. The van der Waals surface area contributed by atoms with Crippen molar-refractivity contribution in [3.63, 3.8) is 0 Å². The molecule has 6 heteroatoms. The number of nitrogens with zero attached hydrogens (tertiary/aromatic N) is 2. The lowest BCUT2D eigenvalue weighted by molar-refractivity contribution is 0.989. The monoisotopic (exact) mass is 323 g/mol. The maximum absolute atomic E-state index is 6.05.